The number of alkyl halides is 1. The highest BCUT2D eigenvalue weighted by molar-refractivity contribution is 6.27. The van der Waals surface area contributed by atoms with Gasteiger partial charge in [-0.05, 0) is 41.8 Å². The van der Waals surface area contributed by atoms with Gasteiger partial charge in [-0.1, -0.05) is 30.8 Å². The van der Waals surface area contributed by atoms with Gasteiger partial charge in [0.2, 0.25) is 5.91 Å². The Labute approximate surface area is 203 Å². The Morgan fingerprint density at radius 2 is 1.94 bits per heavy atom. The maximum Gasteiger partial charge on any atom is 0.328 e. The standard InChI is InChI=1S/C26H27ClN2O5/c1-15(2)14-34-21-10-9-16(11-22(21)32-3)25-24-18(17-7-5-6-8-19(17)28-24)12-20(26(31)33-4)29(25)23(30)13-27/h5-11,20,25,28H,1,12-14H2,2-4H3. The summed E-state index contributed by atoms with van der Waals surface area (Å²) in [5.41, 5.74) is 4.35. The van der Waals surface area contributed by atoms with Crippen LogP contribution in [0.2, 0.25) is 0 Å². The minimum Gasteiger partial charge on any atom is -0.493 e. The maximum absolute atomic E-state index is 13.1. The molecule has 2 heterocycles. The van der Waals surface area contributed by atoms with Gasteiger partial charge in [-0.25, -0.2) is 4.79 Å². The Morgan fingerprint density at radius 3 is 2.62 bits per heavy atom. The van der Waals surface area contributed by atoms with Gasteiger partial charge in [-0.2, -0.15) is 0 Å². The van der Waals surface area contributed by atoms with Crippen LogP contribution in [-0.4, -0.2) is 54.5 Å². The van der Waals surface area contributed by atoms with Gasteiger partial charge in [0.15, 0.2) is 11.5 Å². The Bertz CT molecular complexity index is 1250. The molecule has 8 heteroatoms. The van der Waals surface area contributed by atoms with Gasteiger partial charge in [-0.15, -0.1) is 11.6 Å². The van der Waals surface area contributed by atoms with E-state index in [0.29, 0.717) is 24.5 Å². The van der Waals surface area contributed by atoms with E-state index in [0.717, 1.165) is 33.3 Å². The fourth-order valence-corrected chi connectivity index (χ4v) is 4.64. The Morgan fingerprint density at radius 1 is 1.18 bits per heavy atom. The Hall–Kier alpha value is -3.45. The van der Waals surface area contributed by atoms with E-state index in [-0.39, 0.29) is 11.8 Å². The molecule has 0 saturated heterocycles. The number of carbonyl (C=O) groups is 2. The fraction of sp³-hybridized carbons (Fsp3) is 0.308. The summed E-state index contributed by atoms with van der Waals surface area (Å²) in [6.45, 7) is 6.10. The molecule has 4 rings (SSSR count). The van der Waals surface area contributed by atoms with E-state index in [1.807, 2.05) is 43.3 Å². The normalized spacial score (nSPS) is 17.2. The number of benzene rings is 2. The molecule has 1 N–H and O–H groups in total. The fourth-order valence-electron chi connectivity index (χ4n) is 4.51. The quantitative estimate of drug-likeness (QED) is 0.307. The number of hydrogen-bond acceptors (Lipinski definition) is 5. The number of rotatable bonds is 7. The van der Waals surface area contributed by atoms with Crippen molar-refractivity contribution in [3.63, 3.8) is 0 Å². The number of aromatic nitrogens is 1. The summed E-state index contributed by atoms with van der Waals surface area (Å²) < 4.78 is 16.5. The van der Waals surface area contributed by atoms with E-state index in [2.05, 4.69) is 11.6 Å². The van der Waals surface area contributed by atoms with Crippen LogP contribution in [0.1, 0.15) is 29.8 Å². The molecule has 0 aliphatic carbocycles. The number of H-pyrrole nitrogens is 1. The van der Waals surface area contributed by atoms with Gasteiger partial charge in [0.1, 0.15) is 18.5 Å². The highest BCUT2D eigenvalue weighted by atomic mass is 35.5. The topological polar surface area (TPSA) is 80.9 Å². The lowest BCUT2D eigenvalue weighted by Gasteiger charge is -2.40. The van der Waals surface area contributed by atoms with E-state index in [1.165, 1.54) is 12.0 Å². The minimum absolute atomic E-state index is 0.267. The van der Waals surface area contributed by atoms with E-state index >= 15 is 0 Å². The molecule has 34 heavy (non-hydrogen) atoms. The number of methoxy groups -OCH3 is 2. The second-order valence-electron chi connectivity index (χ2n) is 8.30. The number of fused-ring (bicyclic) bond motifs is 3. The van der Waals surface area contributed by atoms with Crippen molar-refractivity contribution in [2.24, 2.45) is 0 Å². The first-order valence-electron chi connectivity index (χ1n) is 10.9. The maximum atomic E-state index is 13.1. The molecular weight excluding hydrogens is 456 g/mol. The summed E-state index contributed by atoms with van der Waals surface area (Å²) >= 11 is 6.01. The summed E-state index contributed by atoms with van der Waals surface area (Å²) in [7, 11) is 2.88. The summed E-state index contributed by atoms with van der Waals surface area (Å²) in [4.78, 5) is 30.9. The van der Waals surface area contributed by atoms with Crippen LogP contribution in [0.5, 0.6) is 11.5 Å². The molecule has 0 saturated carbocycles. The largest absolute Gasteiger partial charge is 0.493 e. The average molecular weight is 483 g/mol. The van der Waals surface area contributed by atoms with Crippen LogP contribution in [0.25, 0.3) is 10.9 Å². The number of esters is 1. The molecule has 0 radical (unpaired) electrons. The van der Waals surface area contributed by atoms with Gasteiger partial charge < -0.3 is 24.1 Å². The average Bonchev–Trinajstić information content (AvgIpc) is 3.23. The van der Waals surface area contributed by atoms with Crippen LogP contribution < -0.4 is 9.47 Å². The van der Waals surface area contributed by atoms with Crippen LogP contribution in [0.15, 0.2) is 54.6 Å². The molecule has 0 fully saturated rings. The second kappa shape index (κ2) is 9.81. The summed E-state index contributed by atoms with van der Waals surface area (Å²) in [6.07, 6.45) is 0.322. The van der Waals surface area contributed by atoms with E-state index < -0.39 is 18.1 Å². The predicted octanol–water partition coefficient (Wildman–Crippen LogP) is 4.39. The van der Waals surface area contributed by atoms with Crippen molar-refractivity contribution in [2.75, 3.05) is 26.7 Å². The van der Waals surface area contributed by atoms with Crippen molar-refractivity contribution in [1.29, 1.82) is 0 Å². The molecule has 1 aliphatic rings. The number of nitrogens with one attached hydrogen (secondary N) is 1. The van der Waals surface area contributed by atoms with Crippen molar-refractivity contribution in [1.82, 2.24) is 9.88 Å². The summed E-state index contributed by atoms with van der Waals surface area (Å²) in [5, 5.41) is 1.00. The van der Waals surface area contributed by atoms with Crippen LogP contribution in [-0.2, 0) is 20.7 Å². The smallest absolute Gasteiger partial charge is 0.328 e. The predicted molar refractivity (Wildman–Crippen MR) is 131 cm³/mol. The lowest BCUT2D eigenvalue weighted by molar-refractivity contribution is -0.154. The van der Waals surface area contributed by atoms with E-state index in [1.54, 1.807) is 13.2 Å². The third-order valence-electron chi connectivity index (χ3n) is 5.98. The Kier molecular flexibility index (Phi) is 6.84. The zero-order chi connectivity index (χ0) is 24.4. The van der Waals surface area contributed by atoms with Crippen molar-refractivity contribution in [3.05, 3.63) is 71.4 Å². The number of carbonyl (C=O) groups excluding carboxylic acids is 2. The van der Waals surface area contributed by atoms with E-state index in [9.17, 15) is 9.59 Å². The zero-order valence-electron chi connectivity index (χ0n) is 19.4. The molecule has 1 aliphatic heterocycles. The number of hydrogen-bond donors (Lipinski definition) is 1. The molecule has 2 atom stereocenters. The van der Waals surface area contributed by atoms with Crippen molar-refractivity contribution < 1.29 is 23.8 Å². The number of aromatic amines is 1. The molecule has 1 amide bonds. The first-order valence-corrected chi connectivity index (χ1v) is 11.4. The van der Waals surface area contributed by atoms with Crippen molar-refractivity contribution in [3.8, 4) is 11.5 Å². The van der Waals surface area contributed by atoms with Gasteiger partial charge in [-0.3, -0.25) is 4.79 Å². The minimum atomic E-state index is -0.821. The molecule has 3 aromatic rings. The number of para-hydroxylation sites is 1. The highest BCUT2D eigenvalue weighted by Crippen LogP contribution is 2.43. The van der Waals surface area contributed by atoms with Crippen molar-refractivity contribution >= 4 is 34.4 Å². The lowest BCUT2D eigenvalue weighted by atomic mass is 9.87. The van der Waals surface area contributed by atoms with Gasteiger partial charge >= 0.3 is 5.97 Å². The summed E-state index contributed by atoms with van der Waals surface area (Å²) in [5.74, 6) is -0.0616. The number of nitrogens with zero attached hydrogens (tertiary/aromatic N) is 1. The molecule has 2 unspecified atom stereocenters. The van der Waals surface area contributed by atoms with Gasteiger partial charge in [0.05, 0.1) is 20.3 Å². The van der Waals surface area contributed by atoms with E-state index in [4.69, 9.17) is 25.8 Å². The second-order valence-corrected chi connectivity index (χ2v) is 8.57. The van der Waals surface area contributed by atoms with Crippen molar-refractivity contribution in [2.45, 2.75) is 25.4 Å². The van der Waals surface area contributed by atoms with Crippen LogP contribution in [0, 0.1) is 0 Å². The SMILES string of the molecule is C=C(C)COc1ccc(C2c3[nH]c4ccccc4c3CC(C(=O)OC)N2C(=O)CCl)cc1OC. The zero-order valence-corrected chi connectivity index (χ0v) is 20.1. The van der Waals surface area contributed by atoms with Gasteiger partial charge in [0.25, 0.3) is 0 Å². The molecular formula is C26H27ClN2O5. The number of halogens is 1. The monoisotopic (exact) mass is 482 g/mol. The molecule has 0 spiro atoms. The lowest BCUT2D eigenvalue weighted by Crippen LogP contribution is -2.52. The number of ether oxygens (including phenoxy) is 3. The molecule has 2 aromatic carbocycles. The third-order valence-corrected chi connectivity index (χ3v) is 6.21. The van der Waals surface area contributed by atoms with Crippen LogP contribution in [0.3, 0.4) is 0 Å². The van der Waals surface area contributed by atoms with Gasteiger partial charge in [0, 0.05) is 23.0 Å². The first-order chi connectivity index (χ1) is 16.4. The Balaban J connectivity index is 1.91. The van der Waals surface area contributed by atoms with Crippen LogP contribution >= 0.6 is 11.6 Å². The first kappa shape index (κ1) is 23.7. The third kappa shape index (κ3) is 4.23. The molecule has 0 bridgehead atoms. The number of amides is 1. The molecule has 1 aromatic heterocycles. The highest BCUT2D eigenvalue weighted by Gasteiger charge is 2.44. The van der Waals surface area contributed by atoms with Crippen LogP contribution in [0.4, 0.5) is 0 Å². The molecule has 7 nitrogen and oxygen atoms in total. The summed E-state index contributed by atoms with van der Waals surface area (Å²) in [6, 6.07) is 11.9. The molecule has 178 valence electrons.